The van der Waals surface area contributed by atoms with E-state index >= 15 is 0 Å². The van der Waals surface area contributed by atoms with E-state index in [0.717, 1.165) is 22.5 Å². The van der Waals surface area contributed by atoms with E-state index in [2.05, 4.69) is 15.6 Å². The number of hydrazine groups is 1. The van der Waals surface area contributed by atoms with Crippen LogP contribution in [0.5, 0.6) is 5.75 Å². The first kappa shape index (κ1) is 14.7. The van der Waals surface area contributed by atoms with Crippen molar-refractivity contribution in [2.45, 2.75) is 19.9 Å². The van der Waals surface area contributed by atoms with E-state index in [4.69, 9.17) is 22.2 Å². The fourth-order valence-electron chi connectivity index (χ4n) is 2.08. The monoisotopic (exact) mass is 292 g/mol. The highest BCUT2D eigenvalue weighted by molar-refractivity contribution is 6.32. The number of ether oxygens (including phenoxy) is 1. The van der Waals surface area contributed by atoms with Crippen LogP contribution in [0.3, 0.4) is 0 Å². The summed E-state index contributed by atoms with van der Waals surface area (Å²) in [6.45, 7) is 3.80. The number of aryl methyl sites for hydroxylation is 2. The fraction of sp³-hybridized carbons (Fsp3) is 0.286. The Kier molecular flexibility index (Phi) is 4.54. The first-order chi connectivity index (χ1) is 9.56. The molecule has 1 aromatic heterocycles. The molecule has 0 aliphatic rings. The first-order valence-corrected chi connectivity index (χ1v) is 6.55. The Hall–Kier alpha value is -1.69. The van der Waals surface area contributed by atoms with Gasteiger partial charge in [-0.1, -0.05) is 17.7 Å². The van der Waals surface area contributed by atoms with E-state index in [9.17, 15) is 0 Å². The summed E-state index contributed by atoms with van der Waals surface area (Å²) in [6, 6.07) is 7.33. The van der Waals surface area contributed by atoms with Gasteiger partial charge in [0.05, 0.1) is 29.6 Å². The largest absolute Gasteiger partial charge is 0.495 e. The lowest BCUT2D eigenvalue weighted by molar-refractivity contribution is 0.414. The lowest BCUT2D eigenvalue weighted by atomic mass is 9.98. The molecule has 1 unspecified atom stereocenters. The Labute approximate surface area is 123 Å². The molecule has 0 bridgehead atoms. The van der Waals surface area contributed by atoms with Crippen molar-refractivity contribution in [3.63, 3.8) is 0 Å². The molecule has 0 spiro atoms. The summed E-state index contributed by atoms with van der Waals surface area (Å²) in [6.07, 6.45) is 0. The molecule has 0 saturated heterocycles. The van der Waals surface area contributed by atoms with Gasteiger partial charge in [-0.25, -0.2) is 5.43 Å². The lowest BCUT2D eigenvalue weighted by Crippen LogP contribution is -2.29. The molecule has 0 amide bonds. The van der Waals surface area contributed by atoms with Gasteiger partial charge in [-0.3, -0.25) is 5.84 Å². The van der Waals surface area contributed by atoms with Crippen LogP contribution in [0.15, 0.2) is 24.3 Å². The van der Waals surface area contributed by atoms with Crippen molar-refractivity contribution in [3.05, 3.63) is 51.8 Å². The zero-order valence-electron chi connectivity index (χ0n) is 11.6. The third-order valence-electron chi connectivity index (χ3n) is 3.13. The van der Waals surface area contributed by atoms with E-state index in [1.807, 2.05) is 32.0 Å². The zero-order chi connectivity index (χ0) is 14.7. The topological polar surface area (TPSA) is 73.1 Å². The lowest BCUT2D eigenvalue weighted by Gasteiger charge is -2.19. The zero-order valence-corrected chi connectivity index (χ0v) is 12.4. The van der Waals surface area contributed by atoms with Crippen LogP contribution in [0.25, 0.3) is 0 Å². The molecule has 0 aliphatic heterocycles. The molecule has 1 aromatic carbocycles. The number of nitrogens with one attached hydrogen (secondary N) is 1. The predicted octanol–water partition coefficient (Wildman–Crippen LogP) is 2.31. The molecule has 0 radical (unpaired) electrons. The maximum atomic E-state index is 6.05. The van der Waals surface area contributed by atoms with Gasteiger partial charge in [0.2, 0.25) is 0 Å². The fourth-order valence-corrected chi connectivity index (χ4v) is 2.28. The predicted molar refractivity (Wildman–Crippen MR) is 78.7 cm³/mol. The average molecular weight is 293 g/mol. The van der Waals surface area contributed by atoms with Crippen LogP contribution in [0.2, 0.25) is 5.02 Å². The molecule has 3 N–H and O–H groups in total. The van der Waals surface area contributed by atoms with Gasteiger partial charge < -0.3 is 4.74 Å². The first-order valence-electron chi connectivity index (χ1n) is 6.17. The van der Waals surface area contributed by atoms with E-state index in [-0.39, 0.29) is 6.04 Å². The van der Waals surface area contributed by atoms with Crippen LogP contribution in [0.1, 0.15) is 28.6 Å². The van der Waals surface area contributed by atoms with Gasteiger partial charge in [0.1, 0.15) is 5.75 Å². The van der Waals surface area contributed by atoms with E-state index in [0.29, 0.717) is 10.8 Å². The third kappa shape index (κ3) is 2.90. The molecule has 5 nitrogen and oxygen atoms in total. The van der Waals surface area contributed by atoms with Crippen LogP contribution >= 0.6 is 11.6 Å². The van der Waals surface area contributed by atoms with Gasteiger partial charge in [0.25, 0.3) is 0 Å². The quantitative estimate of drug-likeness (QED) is 0.668. The van der Waals surface area contributed by atoms with Gasteiger partial charge >= 0.3 is 0 Å². The average Bonchev–Trinajstić information content (AvgIpc) is 2.45. The van der Waals surface area contributed by atoms with Crippen molar-refractivity contribution in [1.29, 1.82) is 0 Å². The number of hydrogen-bond acceptors (Lipinski definition) is 5. The Morgan fingerprint density at radius 2 is 2.00 bits per heavy atom. The maximum absolute atomic E-state index is 6.05. The van der Waals surface area contributed by atoms with Gasteiger partial charge in [-0.05, 0) is 43.2 Å². The van der Waals surface area contributed by atoms with Crippen molar-refractivity contribution < 1.29 is 4.74 Å². The van der Waals surface area contributed by atoms with Crippen LogP contribution < -0.4 is 16.0 Å². The Morgan fingerprint density at radius 3 is 2.65 bits per heavy atom. The molecule has 1 atom stereocenters. The molecule has 106 valence electrons. The number of benzene rings is 1. The van der Waals surface area contributed by atoms with Gasteiger partial charge in [0.15, 0.2) is 0 Å². The Bertz CT molecular complexity index is 618. The van der Waals surface area contributed by atoms with Crippen LogP contribution in [-0.4, -0.2) is 17.3 Å². The number of methoxy groups -OCH3 is 1. The van der Waals surface area contributed by atoms with Gasteiger partial charge in [-0.2, -0.15) is 10.2 Å². The summed E-state index contributed by atoms with van der Waals surface area (Å²) in [5.74, 6) is 6.33. The van der Waals surface area contributed by atoms with Gasteiger partial charge in [0, 0.05) is 0 Å². The van der Waals surface area contributed by atoms with Crippen molar-refractivity contribution in [3.8, 4) is 5.75 Å². The smallest absolute Gasteiger partial charge is 0.137 e. The van der Waals surface area contributed by atoms with Crippen LogP contribution in [0, 0.1) is 13.8 Å². The van der Waals surface area contributed by atoms with E-state index < -0.39 is 0 Å². The second kappa shape index (κ2) is 6.17. The van der Waals surface area contributed by atoms with Crippen LogP contribution in [-0.2, 0) is 0 Å². The van der Waals surface area contributed by atoms with Crippen molar-refractivity contribution >= 4 is 11.6 Å². The highest BCUT2D eigenvalue weighted by Crippen LogP contribution is 2.30. The van der Waals surface area contributed by atoms with E-state index in [1.54, 1.807) is 13.2 Å². The Balaban J connectivity index is 2.49. The number of rotatable bonds is 4. The maximum Gasteiger partial charge on any atom is 0.137 e. The third-order valence-corrected chi connectivity index (χ3v) is 3.44. The Morgan fingerprint density at radius 1 is 1.25 bits per heavy atom. The minimum Gasteiger partial charge on any atom is -0.495 e. The number of halogens is 1. The van der Waals surface area contributed by atoms with Gasteiger partial charge in [-0.15, -0.1) is 0 Å². The van der Waals surface area contributed by atoms with Crippen molar-refractivity contribution in [1.82, 2.24) is 15.6 Å². The highest BCUT2D eigenvalue weighted by atomic mass is 35.5. The highest BCUT2D eigenvalue weighted by Gasteiger charge is 2.17. The molecular formula is C14H17ClN4O. The molecule has 1 heterocycles. The summed E-state index contributed by atoms with van der Waals surface area (Å²) in [5.41, 5.74) is 6.40. The summed E-state index contributed by atoms with van der Waals surface area (Å²) < 4.78 is 5.24. The molecule has 2 rings (SSSR count). The molecule has 0 fully saturated rings. The van der Waals surface area contributed by atoms with Crippen molar-refractivity contribution in [2.24, 2.45) is 5.84 Å². The van der Waals surface area contributed by atoms with E-state index in [1.165, 1.54) is 0 Å². The minimum atomic E-state index is -0.199. The SMILES string of the molecule is COc1cc(C(NN)c2cc(C)nnc2C)ccc1Cl. The molecule has 0 aliphatic carbocycles. The summed E-state index contributed by atoms with van der Waals surface area (Å²) in [5, 5.41) is 8.73. The number of nitrogens with zero attached hydrogens (tertiary/aromatic N) is 2. The molecule has 20 heavy (non-hydrogen) atoms. The molecular weight excluding hydrogens is 276 g/mol. The number of aromatic nitrogens is 2. The molecule has 6 heteroatoms. The molecule has 2 aromatic rings. The standard InChI is InChI=1S/C14H17ClN4O/c1-8-6-11(9(2)19-18-8)14(17-16)10-4-5-12(15)13(7-10)20-3/h4-7,14,17H,16H2,1-3H3. The summed E-state index contributed by atoms with van der Waals surface area (Å²) >= 11 is 6.05. The number of hydrogen-bond donors (Lipinski definition) is 2. The second-order valence-electron chi connectivity index (χ2n) is 4.52. The van der Waals surface area contributed by atoms with Crippen LogP contribution in [0.4, 0.5) is 0 Å². The normalized spacial score (nSPS) is 12.2. The minimum absolute atomic E-state index is 0.199. The summed E-state index contributed by atoms with van der Waals surface area (Å²) in [7, 11) is 1.58. The van der Waals surface area contributed by atoms with Crippen molar-refractivity contribution in [2.75, 3.05) is 7.11 Å². The summed E-state index contributed by atoms with van der Waals surface area (Å²) in [4.78, 5) is 0. The second-order valence-corrected chi connectivity index (χ2v) is 4.93. The number of nitrogens with two attached hydrogens (primary N) is 1. The molecule has 0 saturated carbocycles.